The lowest BCUT2D eigenvalue weighted by molar-refractivity contribution is -0.119. The maximum atomic E-state index is 12.8. The SMILES string of the molecule is O=C(CC1OCCc2ccsc21)Nc1ccc(F)cc1. The van der Waals surface area contributed by atoms with Gasteiger partial charge in [-0.1, -0.05) is 0 Å². The minimum absolute atomic E-state index is 0.122. The third-order valence-electron chi connectivity index (χ3n) is 3.26. The van der Waals surface area contributed by atoms with Crippen LogP contribution in [0.15, 0.2) is 35.7 Å². The molecule has 3 rings (SSSR count). The monoisotopic (exact) mass is 291 g/mol. The van der Waals surface area contributed by atoms with Crippen LogP contribution < -0.4 is 5.32 Å². The van der Waals surface area contributed by atoms with Crippen molar-refractivity contribution in [2.75, 3.05) is 11.9 Å². The zero-order valence-corrected chi connectivity index (χ0v) is 11.6. The number of anilines is 1. The van der Waals surface area contributed by atoms with Crippen molar-refractivity contribution in [3.8, 4) is 0 Å². The fourth-order valence-electron chi connectivity index (χ4n) is 2.29. The Kier molecular flexibility index (Phi) is 3.80. The highest BCUT2D eigenvalue weighted by atomic mass is 32.1. The number of hydrogen-bond acceptors (Lipinski definition) is 3. The summed E-state index contributed by atoms with van der Waals surface area (Å²) in [6.45, 7) is 0.651. The molecule has 1 aliphatic heterocycles. The first-order valence-corrected chi connectivity index (χ1v) is 7.33. The molecule has 0 saturated heterocycles. The second-order valence-electron chi connectivity index (χ2n) is 4.68. The van der Waals surface area contributed by atoms with Gasteiger partial charge in [0.2, 0.25) is 5.91 Å². The molecule has 1 unspecified atom stereocenters. The number of benzene rings is 1. The Balaban J connectivity index is 1.64. The number of nitrogens with one attached hydrogen (secondary N) is 1. The largest absolute Gasteiger partial charge is 0.372 e. The Hall–Kier alpha value is -1.72. The molecule has 0 bridgehead atoms. The van der Waals surface area contributed by atoms with E-state index in [-0.39, 0.29) is 24.2 Å². The molecule has 0 aliphatic carbocycles. The van der Waals surface area contributed by atoms with E-state index in [1.165, 1.54) is 17.7 Å². The summed E-state index contributed by atoms with van der Waals surface area (Å²) in [6.07, 6.45) is 1.03. The van der Waals surface area contributed by atoms with E-state index in [1.807, 2.05) is 5.38 Å². The fourth-order valence-corrected chi connectivity index (χ4v) is 3.29. The summed E-state index contributed by atoms with van der Waals surface area (Å²) in [5, 5.41) is 4.79. The standard InChI is InChI=1S/C15H14FNO2S/c16-11-1-3-12(4-2-11)17-14(18)9-13-15-10(5-7-19-13)6-8-20-15/h1-4,6,8,13H,5,7,9H2,(H,17,18). The van der Waals surface area contributed by atoms with Crippen molar-refractivity contribution in [1.29, 1.82) is 0 Å². The number of thiophene rings is 1. The predicted octanol–water partition coefficient (Wildman–Crippen LogP) is 3.53. The van der Waals surface area contributed by atoms with E-state index in [0.29, 0.717) is 12.3 Å². The van der Waals surface area contributed by atoms with Crippen molar-refractivity contribution in [1.82, 2.24) is 0 Å². The van der Waals surface area contributed by atoms with Gasteiger partial charge in [-0.2, -0.15) is 0 Å². The van der Waals surface area contributed by atoms with Crippen molar-refractivity contribution in [3.63, 3.8) is 0 Å². The lowest BCUT2D eigenvalue weighted by Gasteiger charge is -2.22. The molecule has 0 saturated carbocycles. The molecule has 3 nitrogen and oxygen atoms in total. The molecule has 0 fully saturated rings. The predicted molar refractivity (Wildman–Crippen MR) is 76.4 cm³/mol. The maximum absolute atomic E-state index is 12.8. The van der Waals surface area contributed by atoms with Crippen LogP contribution in [0, 0.1) is 5.82 Å². The molecule has 0 radical (unpaired) electrons. The summed E-state index contributed by atoms with van der Waals surface area (Å²) in [4.78, 5) is 13.2. The summed E-state index contributed by atoms with van der Waals surface area (Å²) >= 11 is 1.63. The van der Waals surface area contributed by atoms with Gasteiger partial charge in [0.1, 0.15) is 11.9 Å². The van der Waals surface area contributed by atoms with E-state index >= 15 is 0 Å². The van der Waals surface area contributed by atoms with Crippen LogP contribution in [0.25, 0.3) is 0 Å². The van der Waals surface area contributed by atoms with Crippen molar-refractivity contribution in [2.24, 2.45) is 0 Å². The van der Waals surface area contributed by atoms with E-state index in [2.05, 4.69) is 11.4 Å². The van der Waals surface area contributed by atoms with E-state index in [0.717, 1.165) is 11.3 Å². The second-order valence-corrected chi connectivity index (χ2v) is 5.63. The van der Waals surface area contributed by atoms with Crippen LogP contribution in [-0.4, -0.2) is 12.5 Å². The first kappa shape index (κ1) is 13.3. The molecule has 2 aromatic rings. The average Bonchev–Trinajstić information content (AvgIpc) is 2.91. The van der Waals surface area contributed by atoms with Crippen molar-refractivity contribution >= 4 is 22.9 Å². The van der Waals surface area contributed by atoms with Crippen molar-refractivity contribution in [2.45, 2.75) is 18.9 Å². The van der Waals surface area contributed by atoms with E-state index in [1.54, 1.807) is 23.5 Å². The fraction of sp³-hybridized carbons (Fsp3) is 0.267. The van der Waals surface area contributed by atoms with Gasteiger partial charge >= 0.3 is 0 Å². The zero-order valence-electron chi connectivity index (χ0n) is 10.8. The highest BCUT2D eigenvalue weighted by Crippen LogP contribution is 2.34. The average molecular weight is 291 g/mol. The van der Waals surface area contributed by atoms with E-state index in [4.69, 9.17) is 4.74 Å². The van der Waals surface area contributed by atoms with Crippen LogP contribution in [0.2, 0.25) is 0 Å². The normalized spacial score (nSPS) is 17.6. The third-order valence-corrected chi connectivity index (χ3v) is 4.31. The molecule has 1 atom stereocenters. The Morgan fingerprint density at radius 1 is 1.35 bits per heavy atom. The zero-order chi connectivity index (χ0) is 13.9. The van der Waals surface area contributed by atoms with Crippen LogP contribution in [0.3, 0.4) is 0 Å². The molecule has 1 aliphatic rings. The molecular formula is C15H14FNO2S. The molecule has 0 spiro atoms. The quantitative estimate of drug-likeness (QED) is 0.939. The summed E-state index contributed by atoms with van der Waals surface area (Å²) in [5.41, 5.74) is 1.87. The lowest BCUT2D eigenvalue weighted by Crippen LogP contribution is -2.21. The van der Waals surface area contributed by atoms with Crippen LogP contribution >= 0.6 is 11.3 Å². The highest BCUT2D eigenvalue weighted by molar-refractivity contribution is 7.10. The van der Waals surface area contributed by atoms with Gasteiger partial charge in [0.15, 0.2) is 0 Å². The van der Waals surface area contributed by atoms with Crippen LogP contribution in [-0.2, 0) is 16.0 Å². The number of halogens is 1. The third kappa shape index (κ3) is 2.89. The Morgan fingerprint density at radius 2 is 2.15 bits per heavy atom. The number of fused-ring (bicyclic) bond motifs is 1. The molecule has 20 heavy (non-hydrogen) atoms. The molecule has 1 aromatic heterocycles. The highest BCUT2D eigenvalue weighted by Gasteiger charge is 2.24. The van der Waals surface area contributed by atoms with Gasteiger partial charge in [0, 0.05) is 10.6 Å². The Labute approximate surface area is 120 Å². The summed E-state index contributed by atoms with van der Waals surface area (Å²) < 4.78 is 18.5. The van der Waals surface area contributed by atoms with Crippen molar-refractivity contribution in [3.05, 3.63) is 52.0 Å². The molecule has 1 aromatic carbocycles. The molecule has 1 N–H and O–H groups in total. The van der Waals surface area contributed by atoms with Gasteiger partial charge in [0.25, 0.3) is 0 Å². The minimum Gasteiger partial charge on any atom is -0.372 e. The Morgan fingerprint density at radius 3 is 2.95 bits per heavy atom. The smallest absolute Gasteiger partial charge is 0.227 e. The molecule has 104 valence electrons. The number of rotatable bonds is 3. The first-order chi connectivity index (χ1) is 9.72. The topological polar surface area (TPSA) is 38.3 Å². The van der Waals surface area contributed by atoms with Gasteiger partial charge in [-0.3, -0.25) is 4.79 Å². The van der Waals surface area contributed by atoms with Gasteiger partial charge in [0.05, 0.1) is 13.0 Å². The number of carbonyl (C=O) groups is 1. The number of hydrogen-bond donors (Lipinski definition) is 1. The summed E-state index contributed by atoms with van der Waals surface area (Å²) in [7, 11) is 0. The Bertz CT molecular complexity index is 609. The molecular weight excluding hydrogens is 277 g/mol. The first-order valence-electron chi connectivity index (χ1n) is 6.45. The van der Waals surface area contributed by atoms with Crippen LogP contribution in [0.4, 0.5) is 10.1 Å². The lowest BCUT2D eigenvalue weighted by atomic mass is 10.1. The molecule has 1 amide bonds. The molecule has 5 heteroatoms. The maximum Gasteiger partial charge on any atom is 0.227 e. The second kappa shape index (κ2) is 5.73. The van der Waals surface area contributed by atoms with E-state index < -0.39 is 0 Å². The van der Waals surface area contributed by atoms with Gasteiger partial charge in [-0.25, -0.2) is 4.39 Å². The molecule has 2 heterocycles. The minimum atomic E-state index is -0.318. The van der Waals surface area contributed by atoms with Crippen molar-refractivity contribution < 1.29 is 13.9 Å². The summed E-state index contributed by atoms with van der Waals surface area (Å²) in [6, 6.07) is 7.83. The number of carbonyl (C=O) groups excluding carboxylic acids is 1. The van der Waals surface area contributed by atoms with Gasteiger partial charge in [-0.05, 0) is 47.7 Å². The van der Waals surface area contributed by atoms with Crippen LogP contribution in [0.5, 0.6) is 0 Å². The number of ether oxygens (including phenoxy) is 1. The number of amides is 1. The van der Waals surface area contributed by atoms with Gasteiger partial charge < -0.3 is 10.1 Å². The van der Waals surface area contributed by atoms with Gasteiger partial charge in [-0.15, -0.1) is 11.3 Å². The van der Waals surface area contributed by atoms with E-state index in [9.17, 15) is 9.18 Å². The summed E-state index contributed by atoms with van der Waals surface area (Å²) in [5.74, 6) is -0.440. The van der Waals surface area contributed by atoms with Crippen LogP contribution in [0.1, 0.15) is 23.0 Å².